The third kappa shape index (κ3) is 2.68. The molecule has 1 aromatic carbocycles. The van der Waals surface area contributed by atoms with Crippen molar-refractivity contribution in [3.05, 3.63) is 29.3 Å². The standard InChI is InChI=1S/C13H16F2N2O2/c14-8-4-5-9(16)12(15)11(8)13(19)17-10-3-1-2-7(10)6-18/h4-5,7,10,18H,1-3,6,16H2,(H,17,19). The number of amides is 1. The van der Waals surface area contributed by atoms with Crippen LogP contribution in [0.5, 0.6) is 0 Å². The molecule has 0 saturated heterocycles. The van der Waals surface area contributed by atoms with Crippen molar-refractivity contribution < 1.29 is 18.7 Å². The predicted octanol–water partition coefficient (Wildman–Crippen LogP) is 1.44. The van der Waals surface area contributed by atoms with Crippen molar-refractivity contribution >= 4 is 11.6 Å². The molecule has 0 aromatic heterocycles. The third-order valence-electron chi connectivity index (χ3n) is 3.56. The zero-order valence-corrected chi connectivity index (χ0v) is 10.3. The molecule has 1 amide bonds. The van der Waals surface area contributed by atoms with Crippen LogP contribution in [0.3, 0.4) is 0 Å². The molecular formula is C13H16F2N2O2. The number of hydrogen-bond donors (Lipinski definition) is 3. The summed E-state index contributed by atoms with van der Waals surface area (Å²) >= 11 is 0. The topological polar surface area (TPSA) is 75.4 Å². The molecule has 6 heteroatoms. The Morgan fingerprint density at radius 2 is 2.16 bits per heavy atom. The fraction of sp³-hybridized carbons (Fsp3) is 0.462. The normalized spacial score (nSPS) is 22.5. The van der Waals surface area contributed by atoms with E-state index in [4.69, 9.17) is 10.8 Å². The van der Waals surface area contributed by atoms with Crippen LogP contribution in [0.4, 0.5) is 14.5 Å². The van der Waals surface area contributed by atoms with E-state index in [9.17, 15) is 13.6 Å². The maximum atomic E-state index is 13.7. The van der Waals surface area contributed by atoms with Gasteiger partial charge in [0, 0.05) is 18.6 Å². The lowest BCUT2D eigenvalue weighted by Crippen LogP contribution is -2.39. The predicted molar refractivity (Wildman–Crippen MR) is 66.5 cm³/mol. The van der Waals surface area contributed by atoms with Crippen molar-refractivity contribution in [2.24, 2.45) is 5.92 Å². The van der Waals surface area contributed by atoms with E-state index in [0.29, 0.717) is 6.42 Å². The molecule has 1 fully saturated rings. The van der Waals surface area contributed by atoms with Crippen molar-refractivity contribution in [3.63, 3.8) is 0 Å². The highest BCUT2D eigenvalue weighted by Gasteiger charge is 2.30. The van der Waals surface area contributed by atoms with Gasteiger partial charge in [0.2, 0.25) is 0 Å². The van der Waals surface area contributed by atoms with Gasteiger partial charge in [0.1, 0.15) is 11.4 Å². The number of aliphatic hydroxyl groups is 1. The first-order chi connectivity index (χ1) is 9.04. The van der Waals surface area contributed by atoms with Crippen LogP contribution in [0.15, 0.2) is 12.1 Å². The molecule has 1 aliphatic rings. The summed E-state index contributed by atoms with van der Waals surface area (Å²) in [4.78, 5) is 11.9. The van der Waals surface area contributed by atoms with Crippen LogP contribution >= 0.6 is 0 Å². The Balaban J connectivity index is 2.19. The minimum atomic E-state index is -1.05. The first-order valence-corrected chi connectivity index (χ1v) is 6.19. The van der Waals surface area contributed by atoms with Gasteiger partial charge in [0.05, 0.1) is 5.69 Å². The molecule has 2 unspecified atom stereocenters. The van der Waals surface area contributed by atoms with Gasteiger partial charge in [-0.15, -0.1) is 0 Å². The Hall–Kier alpha value is -1.69. The van der Waals surface area contributed by atoms with Crippen molar-refractivity contribution in [3.8, 4) is 0 Å². The quantitative estimate of drug-likeness (QED) is 0.727. The number of benzene rings is 1. The number of rotatable bonds is 3. The first kappa shape index (κ1) is 13.7. The maximum Gasteiger partial charge on any atom is 0.257 e. The van der Waals surface area contributed by atoms with Gasteiger partial charge in [-0.25, -0.2) is 8.78 Å². The number of nitrogens with one attached hydrogen (secondary N) is 1. The van der Waals surface area contributed by atoms with Crippen LogP contribution in [0, 0.1) is 17.6 Å². The molecule has 104 valence electrons. The molecule has 4 N–H and O–H groups in total. The SMILES string of the molecule is Nc1ccc(F)c(C(=O)NC2CCCC2CO)c1F. The van der Waals surface area contributed by atoms with Crippen LogP contribution in [0.25, 0.3) is 0 Å². The summed E-state index contributed by atoms with van der Waals surface area (Å²) < 4.78 is 27.2. The molecule has 1 aliphatic carbocycles. The molecule has 19 heavy (non-hydrogen) atoms. The molecule has 0 spiro atoms. The highest BCUT2D eigenvalue weighted by Crippen LogP contribution is 2.26. The van der Waals surface area contributed by atoms with Gasteiger partial charge in [-0.05, 0) is 25.0 Å². The molecule has 4 nitrogen and oxygen atoms in total. The molecule has 0 heterocycles. The number of hydrogen-bond acceptors (Lipinski definition) is 3. The number of nitrogens with two attached hydrogens (primary N) is 1. The van der Waals surface area contributed by atoms with Gasteiger partial charge >= 0.3 is 0 Å². The van der Waals surface area contributed by atoms with Crippen molar-refractivity contribution in [2.45, 2.75) is 25.3 Å². The number of nitrogen functional groups attached to an aromatic ring is 1. The fourth-order valence-electron chi connectivity index (χ4n) is 2.46. The Kier molecular flexibility index (Phi) is 3.99. The molecule has 0 bridgehead atoms. The summed E-state index contributed by atoms with van der Waals surface area (Å²) in [5.41, 5.74) is 4.40. The van der Waals surface area contributed by atoms with Crippen LogP contribution < -0.4 is 11.1 Å². The van der Waals surface area contributed by atoms with Crippen molar-refractivity contribution in [2.75, 3.05) is 12.3 Å². The van der Waals surface area contributed by atoms with E-state index >= 15 is 0 Å². The Labute approximate surface area is 109 Å². The van der Waals surface area contributed by atoms with E-state index in [1.807, 2.05) is 0 Å². The summed E-state index contributed by atoms with van der Waals surface area (Å²) in [6.07, 6.45) is 2.37. The van der Waals surface area contributed by atoms with E-state index < -0.39 is 23.1 Å². The molecular weight excluding hydrogens is 254 g/mol. The van der Waals surface area contributed by atoms with Gasteiger partial charge in [-0.2, -0.15) is 0 Å². The third-order valence-corrected chi connectivity index (χ3v) is 3.56. The van der Waals surface area contributed by atoms with Crippen molar-refractivity contribution in [1.29, 1.82) is 0 Å². The minimum absolute atomic E-state index is 0.0488. The summed E-state index contributed by atoms with van der Waals surface area (Å²) in [5, 5.41) is 11.7. The van der Waals surface area contributed by atoms with Crippen LogP contribution in [-0.2, 0) is 0 Å². The van der Waals surface area contributed by atoms with Gasteiger partial charge in [-0.3, -0.25) is 4.79 Å². The lowest BCUT2D eigenvalue weighted by atomic mass is 10.0. The fourth-order valence-corrected chi connectivity index (χ4v) is 2.46. The van der Waals surface area contributed by atoms with Gasteiger partial charge in [0.15, 0.2) is 5.82 Å². The monoisotopic (exact) mass is 270 g/mol. The first-order valence-electron chi connectivity index (χ1n) is 6.19. The lowest BCUT2D eigenvalue weighted by molar-refractivity contribution is 0.0907. The highest BCUT2D eigenvalue weighted by atomic mass is 19.1. The summed E-state index contributed by atoms with van der Waals surface area (Å²) in [6.45, 7) is -0.0488. The minimum Gasteiger partial charge on any atom is -0.396 e. The van der Waals surface area contributed by atoms with Gasteiger partial charge < -0.3 is 16.2 Å². The number of aliphatic hydroxyl groups excluding tert-OH is 1. The van der Waals surface area contributed by atoms with Gasteiger partial charge in [0.25, 0.3) is 5.91 Å². The van der Waals surface area contributed by atoms with E-state index in [-0.39, 0.29) is 24.3 Å². The second-order valence-electron chi connectivity index (χ2n) is 4.78. The Morgan fingerprint density at radius 3 is 2.84 bits per heavy atom. The molecule has 1 saturated carbocycles. The number of halogens is 2. The van der Waals surface area contributed by atoms with Crippen LogP contribution in [-0.4, -0.2) is 23.7 Å². The zero-order chi connectivity index (χ0) is 14.0. The Bertz CT molecular complexity index is 494. The van der Waals surface area contributed by atoms with Crippen LogP contribution in [0.1, 0.15) is 29.6 Å². The summed E-state index contributed by atoms with van der Waals surface area (Å²) in [5.74, 6) is -2.87. The average Bonchev–Trinajstić information content (AvgIpc) is 2.81. The highest BCUT2D eigenvalue weighted by molar-refractivity contribution is 5.95. The second-order valence-corrected chi connectivity index (χ2v) is 4.78. The van der Waals surface area contributed by atoms with Crippen LogP contribution in [0.2, 0.25) is 0 Å². The largest absolute Gasteiger partial charge is 0.396 e. The molecule has 0 radical (unpaired) electrons. The molecule has 1 aromatic rings. The zero-order valence-electron chi connectivity index (χ0n) is 10.3. The summed E-state index contributed by atoms with van der Waals surface area (Å²) in [6, 6.07) is 1.79. The maximum absolute atomic E-state index is 13.7. The number of anilines is 1. The van der Waals surface area contributed by atoms with Crippen molar-refractivity contribution in [1.82, 2.24) is 5.32 Å². The smallest absolute Gasteiger partial charge is 0.257 e. The molecule has 2 atom stereocenters. The molecule has 2 rings (SSSR count). The average molecular weight is 270 g/mol. The van der Waals surface area contributed by atoms with Gasteiger partial charge in [-0.1, -0.05) is 6.42 Å². The van der Waals surface area contributed by atoms with E-state index in [2.05, 4.69) is 5.32 Å². The summed E-state index contributed by atoms with van der Waals surface area (Å²) in [7, 11) is 0. The second kappa shape index (κ2) is 5.52. The van der Waals surface area contributed by atoms with E-state index in [1.165, 1.54) is 0 Å². The van der Waals surface area contributed by atoms with E-state index in [1.54, 1.807) is 0 Å². The number of carbonyl (C=O) groups excluding carboxylic acids is 1. The Morgan fingerprint density at radius 1 is 1.42 bits per heavy atom. The number of carbonyl (C=O) groups is 1. The van der Waals surface area contributed by atoms with E-state index in [0.717, 1.165) is 25.0 Å². The lowest BCUT2D eigenvalue weighted by Gasteiger charge is -2.19. The molecule has 0 aliphatic heterocycles.